The molecule has 3 heteroatoms. The molecule has 0 spiro atoms. The van der Waals surface area contributed by atoms with Gasteiger partial charge in [-0.25, -0.2) is 0 Å². The van der Waals surface area contributed by atoms with Crippen molar-refractivity contribution in [3.05, 3.63) is 53.6 Å². The lowest BCUT2D eigenvalue weighted by Crippen LogP contribution is -2.12. The van der Waals surface area contributed by atoms with Gasteiger partial charge in [0.1, 0.15) is 23.5 Å². The van der Waals surface area contributed by atoms with E-state index in [1.165, 1.54) is 0 Å². The number of methoxy groups -OCH3 is 1. The van der Waals surface area contributed by atoms with Gasteiger partial charge in [-0.15, -0.1) is 0 Å². The molecule has 0 aliphatic carbocycles. The number of carbonyl (C=O) groups is 1. The largest absolute Gasteiger partial charge is 0.497 e. The molecule has 0 saturated carbocycles. The average Bonchev–Trinajstić information content (AvgIpc) is 2.46. The Labute approximate surface area is 125 Å². The maximum Gasteiger partial charge on any atom is 0.150 e. The molecule has 0 unspecified atom stereocenters. The maximum absolute atomic E-state index is 10.8. The van der Waals surface area contributed by atoms with Crippen molar-refractivity contribution < 1.29 is 14.3 Å². The fraction of sp³-hybridized carbons (Fsp3) is 0.278. The van der Waals surface area contributed by atoms with Crippen LogP contribution < -0.4 is 9.47 Å². The van der Waals surface area contributed by atoms with E-state index in [1.807, 2.05) is 24.3 Å². The molecule has 0 aromatic heterocycles. The summed E-state index contributed by atoms with van der Waals surface area (Å²) in [6.45, 7) is 6.36. The van der Waals surface area contributed by atoms with Gasteiger partial charge in [0, 0.05) is 11.1 Å². The molecule has 0 radical (unpaired) electrons. The standard InChI is InChI=1S/C18H20O3/c1-18(2,3)16-11-14(20-4)8-9-17(16)21-15-7-5-6-13(10-15)12-19/h5-12H,1-4H3. The molecule has 0 fully saturated rings. The van der Waals surface area contributed by atoms with Crippen LogP contribution in [0, 0.1) is 0 Å². The maximum atomic E-state index is 10.8. The lowest BCUT2D eigenvalue weighted by atomic mass is 9.86. The highest BCUT2D eigenvalue weighted by atomic mass is 16.5. The number of ether oxygens (including phenoxy) is 2. The Morgan fingerprint density at radius 2 is 1.76 bits per heavy atom. The van der Waals surface area contributed by atoms with E-state index < -0.39 is 0 Å². The van der Waals surface area contributed by atoms with Crippen molar-refractivity contribution in [3.8, 4) is 17.2 Å². The third-order valence-electron chi connectivity index (χ3n) is 3.22. The highest BCUT2D eigenvalue weighted by molar-refractivity contribution is 5.75. The second-order valence-corrected chi connectivity index (χ2v) is 5.90. The van der Waals surface area contributed by atoms with Crippen LogP contribution in [0.3, 0.4) is 0 Å². The van der Waals surface area contributed by atoms with Gasteiger partial charge in [0.15, 0.2) is 0 Å². The van der Waals surface area contributed by atoms with Crippen LogP contribution in [0.4, 0.5) is 0 Å². The van der Waals surface area contributed by atoms with Crippen molar-refractivity contribution in [3.63, 3.8) is 0 Å². The fourth-order valence-electron chi connectivity index (χ4n) is 2.09. The van der Waals surface area contributed by atoms with Crippen molar-refractivity contribution in [2.24, 2.45) is 0 Å². The summed E-state index contributed by atoms with van der Waals surface area (Å²) >= 11 is 0. The van der Waals surface area contributed by atoms with Crippen molar-refractivity contribution in [2.75, 3.05) is 7.11 Å². The summed E-state index contributed by atoms with van der Waals surface area (Å²) in [6.07, 6.45) is 0.811. The van der Waals surface area contributed by atoms with E-state index in [-0.39, 0.29) is 5.41 Å². The van der Waals surface area contributed by atoms with Crippen LogP contribution in [0.15, 0.2) is 42.5 Å². The summed E-state index contributed by atoms with van der Waals surface area (Å²) in [5, 5.41) is 0. The molecule has 2 aromatic rings. The zero-order valence-electron chi connectivity index (χ0n) is 12.8. The first-order valence-corrected chi connectivity index (χ1v) is 6.85. The Balaban J connectivity index is 2.41. The Morgan fingerprint density at radius 3 is 2.38 bits per heavy atom. The zero-order valence-corrected chi connectivity index (χ0v) is 12.8. The quantitative estimate of drug-likeness (QED) is 0.770. The fourth-order valence-corrected chi connectivity index (χ4v) is 2.09. The number of carbonyl (C=O) groups excluding carboxylic acids is 1. The summed E-state index contributed by atoms with van der Waals surface area (Å²) in [7, 11) is 1.65. The summed E-state index contributed by atoms with van der Waals surface area (Å²) in [5.41, 5.74) is 1.57. The minimum atomic E-state index is -0.0772. The normalized spacial score (nSPS) is 11.0. The first kappa shape index (κ1) is 15.1. The van der Waals surface area contributed by atoms with E-state index >= 15 is 0 Å². The molecular formula is C18H20O3. The number of aldehydes is 1. The molecule has 0 bridgehead atoms. The number of rotatable bonds is 4. The number of benzene rings is 2. The van der Waals surface area contributed by atoms with Gasteiger partial charge in [-0.1, -0.05) is 32.9 Å². The Bertz CT molecular complexity index is 639. The van der Waals surface area contributed by atoms with Crippen LogP contribution in [-0.4, -0.2) is 13.4 Å². The molecule has 0 heterocycles. The first-order valence-electron chi connectivity index (χ1n) is 6.85. The van der Waals surface area contributed by atoms with Crippen LogP contribution in [0.5, 0.6) is 17.2 Å². The summed E-state index contributed by atoms with van der Waals surface area (Å²) in [4.78, 5) is 10.8. The third-order valence-corrected chi connectivity index (χ3v) is 3.22. The molecule has 0 saturated heterocycles. The molecule has 110 valence electrons. The summed E-state index contributed by atoms with van der Waals surface area (Å²) < 4.78 is 11.3. The summed E-state index contributed by atoms with van der Waals surface area (Å²) in [6, 6.07) is 12.9. The first-order chi connectivity index (χ1) is 9.94. The molecule has 0 N–H and O–H groups in total. The van der Waals surface area contributed by atoms with Crippen LogP contribution in [-0.2, 0) is 5.41 Å². The zero-order chi connectivity index (χ0) is 15.5. The molecule has 0 amide bonds. The van der Waals surface area contributed by atoms with E-state index in [2.05, 4.69) is 20.8 Å². The molecule has 0 aliphatic rings. The average molecular weight is 284 g/mol. The second-order valence-electron chi connectivity index (χ2n) is 5.90. The predicted octanol–water partition coefficient (Wildman–Crippen LogP) is 4.60. The minimum absolute atomic E-state index is 0.0772. The Morgan fingerprint density at radius 1 is 1.00 bits per heavy atom. The van der Waals surface area contributed by atoms with Gasteiger partial charge in [0.25, 0.3) is 0 Å². The topological polar surface area (TPSA) is 35.5 Å². The van der Waals surface area contributed by atoms with Gasteiger partial charge < -0.3 is 9.47 Å². The van der Waals surface area contributed by atoms with Crippen LogP contribution in [0.25, 0.3) is 0 Å². The predicted molar refractivity (Wildman–Crippen MR) is 83.6 cm³/mol. The van der Waals surface area contributed by atoms with Gasteiger partial charge in [0.2, 0.25) is 0 Å². The summed E-state index contributed by atoms with van der Waals surface area (Å²) in [5.74, 6) is 2.22. The Kier molecular flexibility index (Phi) is 4.32. The molecule has 21 heavy (non-hydrogen) atoms. The lowest BCUT2D eigenvalue weighted by Gasteiger charge is -2.23. The van der Waals surface area contributed by atoms with Crippen molar-refractivity contribution in [2.45, 2.75) is 26.2 Å². The van der Waals surface area contributed by atoms with E-state index in [9.17, 15) is 4.79 Å². The van der Waals surface area contributed by atoms with Crippen molar-refractivity contribution in [1.82, 2.24) is 0 Å². The van der Waals surface area contributed by atoms with Crippen LogP contribution in [0.1, 0.15) is 36.7 Å². The van der Waals surface area contributed by atoms with Gasteiger partial charge in [0.05, 0.1) is 7.11 Å². The highest BCUT2D eigenvalue weighted by Crippen LogP contribution is 2.36. The molecule has 3 nitrogen and oxygen atoms in total. The SMILES string of the molecule is COc1ccc(Oc2cccc(C=O)c2)c(C(C)(C)C)c1. The highest BCUT2D eigenvalue weighted by Gasteiger charge is 2.20. The van der Waals surface area contributed by atoms with E-state index in [0.29, 0.717) is 11.3 Å². The van der Waals surface area contributed by atoms with Crippen molar-refractivity contribution in [1.29, 1.82) is 0 Å². The molecular weight excluding hydrogens is 264 g/mol. The van der Waals surface area contributed by atoms with Crippen molar-refractivity contribution >= 4 is 6.29 Å². The molecule has 2 aromatic carbocycles. The Hall–Kier alpha value is -2.29. The van der Waals surface area contributed by atoms with E-state index in [1.54, 1.807) is 25.3 Å². The lowest BCUT2D eigenvalue weighted by molar-refractivity contribution is 0.112. The molecule has 2 rings (SSSR count). The van der Waals surface area contributed by atoms with Gasteiger partial charge in [-0.3, -0.25) is 4.79 Å². The van der Waals surface area contributed by atoms with Crippen LogP contribution in [0.2, 0.25) is 0 Å². The van der Waals surface area contributed by atoms with E-state index in [0.717, 1.165) is 23.3 Å². The van der Waals surface area contributed by atoms with Gasteiger partial charge >= 0.3 is 0 Å². The third kappa shape index (κ3) is 3.63. The molecule has 0 atom stereocenters. The smallest absolute Gasteiger partial charge is 0.150 e. The van der Waals surface area contributed by atoms with Crippen LogP contribution >= 0.6 is 0 Å². The monoisotopic (exact) mass is 284 g/mol. The molecule has 0 aliphatic heterocycles. The van der Waals surface area contributed by atoms with Gasteiger partial charge in [-0.2, -0.15) is 0 Å². The van der Waals surface area contributed by atoms with E-state index in [4.69, 9.17) is 9.47 Å². The second kappa shape index (κ2) is 6.00. The minimum Gasteiger partial charge on any atom is -0.497 e. The number of hydrogen-bond donors (Lipinski definition) is 0. The van der Waals surface area contributed by atoms with Gasteiger partial charge in [-0.05, 0) is 35.7 Å². The number of hydrogen-bond acceptors (Lipinski definition) is 3.